The number of benzene rings is 1. The third-order valence-corrected chi connectivity index (χ3v) is 3.93. The number of carbonyl (C=O) groups is 2. The predicted octanol–water partition coefficient (Wildman–Crippen LogP) is 1.77. The number of nitrogens with zero attached hydrogens (tertiary/aromatic N) is 1. The standard InChI is InChI=1S/C15H19NO5/c1-21-15(7-2-8-15)9-13(18)16(10-14(19)20)11-3-5-12(17)6-4-11/h3-6,17H,2,7-10H2,1H3,(H,19,20). The van der Waals surface area contributed by atoms with Gasteiger partial charge in [-0.1, -0.05) is 0 Å². The van der Waals surface area contributed by atoms with E-state index in [0.29, 0.717) is 5.69 Å². The van der Waals surface area contributed by atoms with Gasteiger partial charge in [0.1, 0.15) is 12.3 Å². The summed E-state index contributed by atoms with van der Waals surface area (Å²) >= 11 is 0. The molecule has 6 heteroatoms. The summed E-state index contributed by atoms with van der Waals surface area (Å²) in [6, 6.07) is 5.90. The third kappa shape index (κ3) is 3.52. The van der Waals surface area contributed by atoms with Gasteiger partial charge in [-0.2, -0.15) is 0 Å². The van der Waals surface area contributed by atoms with E-state index in [1.807, 2.05) is 0 Å². The summed E-state index contributed by atoms with van der Waals surface area (Å²) in [7, 11) is 1.58. The van der Waals surface area contributed by atoms with Crippen LogP contribution in [-0.2, 0) is 14.3 Å². The molecule has 1 aliphatic carbocycles. The molecule has 0 unspecified atom stereocenters. The molecular formula is C15H19NO5. The van der Waals surface area contributed by atoms with Crippen molar-refractivity contribution < 1.29 is 24.5 Å². The second-order valence-corrected chi connectivity index (χ2v) is 5.31. The van der Waals surface area contributed by atoms with Gasteiger partial charge in [0.05, 0.1) is 12.0 Å². The summed E-state index contributed by atoms with van der Waals surface area (Å²) < 4.78 is 5.42. The molecule has 21 heavy (non-hydrogen) atoms. The third-order valence-electron chi connectivity index (χ3n) is 3.93. The molecule has 1 aliphatic rings. The monoisotopic (exact) mass is 293 g/mol. The summed E-state index contributed by atoms with van der Waals surface area (Å²) in [5.41, 5.74) is -0.00382. The van der Waals surface area contributed by atoms with Crippen LogP contribution in [0.4, 0.5) is 5.69 Å². The molecule has 1 amide bonds. The van der Waals surface area contributed by atoms with Crippen LogP contribution in [0.2, 0.25) is 0 Å². The van der Waals surface area contributed by atoms with Gasteiger partial charge in [0, 0.05) is 12.8 Å². The number of carboxylic acids is 1. The topological polar surface area (TPSA) is 87.1 Å². The van der Waals surface area contributed by atoms with Gasteiger partial charge < -0.3 is 19.8 Å². The molecular weight excluding hydrogens is 274 g/mol. The smallest absolute Gasteiger partial charge is 0.323 e. The zero-order valence-electron chi connectivity index (χ0n) is 11.9. The Labute approximate surface area is 122 Å². The van der Waals surface area contributed by atoms with Gasteiger partial charge in [0.2, 0.25) is 5.91 Å². The summed E-state index contributed by atoms with van der Waals surface area (Å²) in [6.45, 7) is -0.413. The van der Waals surface area contributed by atoms with Gasteiger partial charge >= 0.3 is 5.97 Å². The van der Waals surface area contributed by atoms with Gasteiger partial charge in [-0.05, 0) is 43.5 Å². The number of anilines is 1. The molecule has 1 aromatic rings. The van der Waals surface area contributed by atoms with Crippen molar-refractivity contribution in [3.05, 3.63) is 24.3 Å². The lowest BCUT2D eigenvalue weighted by Gasteiger charge is -2.41. The molecule has 0 bridgehead atoms. The number of carbonyl (C=O) groups excluding carboxylic acids is 1. The summed E-state index contributed by atoms with van der Waals surface area (Å²) in [5.74, 6) is -1.31. The Balaban J connectivity index is 2.17. The van der Waals surface area contributed by atoms with Crippen LogP contribution < -0.4 is 4.90 Å². The van der Waals surface area contributed by atoms with E-state index in [2.05, 4.69) is 0 Å². The van der Waals surface area contributed by atoms with Gasteiger partial charge in [-0.3, -0.25) is 9.59 Å². The van der Waals surface area contributed by atoms with E-state index in [1.54, 1.807) is 7.11 Å². The minimum atomic E-state index is -1.09. The first-order chi connectivity index (χ1) is 9.96. The highest BCUT2D eigenvalue weighted by atomic mass is 16.5. The fourth-order valence-corrected chi connectivity index (χ4v) is 2.49. The maximum absolute atomic E-state index is 12.5. The Morgan fingerprint density at radius 2 is 1.90 bits per heavy atom. The van der Waals surface area contributed by atoms with Gasteiger partial charge in [-0.25, -0.2) is 0 Å². The summed E-state index contributed by atoms with van der Waals surface area (Å²) in [5, 5.41) is 18.3. The number of hydrogen-bond donors (Lipinski definition) is 2. The lowest BCUT2D eigenvalue weighted by atomic mass is 9.77. The Morgan fingerprint density at radius 3 is 2.33 bits per heavy atom. The molecule has 0 heterocycles. The van der Waals surface area contributed by atoms with E-state index in [4.69, 9.17) is 9.84 Å². The molecule has 114 valence electrons. The van der Waals surface area contributed by atoms with Crippen LogP contribution in [0.5, 0.6) is 5.75 Å². The largest absolute Gasteiger partial charge is 0.508 e. The van der Waals surface area contributed by atoms with Gasteiger partial charge in [0.25, 0.3) is 0 Å². The highest BCUT2D eigenvalue weighted by molar-refractivity contribution is 5.98. The lowest BCUT2D eigenvalue weighted by molar-refractivity contribution is -0.139. The van der Waals surface area contributed by atoms with Crippen LogP contribution in [0.3, 0.4) is 0 Å². The number of carboxylic acid groups (broad SMARTS) is 1. The van der Waals surface area contributed by atoms with Crippen molar-refractivity contribution in [3.63, 3.8) is 0 Å². The van der Waals surface area contributed by atoms with Crippen LogP contribution in [0, 0.1) is 0 Å². The van der Waals surface area contributed by atoms with Crippen molar-refractivity contribution in [1.82, 2.24) is 0 Å². The van der Waals surface area contributed by atoms with E-state index in [9.17, 15) is 14.7 Å². The number of amides is 1. The molecule has 6 nitrogen and oxygen atoms in total. The molecule has 1 saturated carbocycles. The molecule has 0 saturated heterocycles. The predicted molar refractivity (Wildman–Crippen MR) is 76.3 cm³/mol. The minimum absolute atomic E-state index is 0.0637. The van der Waals surface area contributed by atoms with Crippen molar-refractivity contribution in [2.24, 2.45) is 0 Å². The minimum Gasteiger partial charge on any atom is -0.508 e. The highest BCUT2D eigenvalue weighted by Crippen LogP contribution is 2.38. The number of aromatic hydroxyl groups is 1. The Hall–Kier alpha value is -2.08. The number of ether oxygens (including phenoxy) is 1. The number of rotatable bonds is 6. The SMILES string of the molecule is COC1(CC(=O)N(CC(=O)O)c2ccc(O)cc2)CCC1. The number of aliphatic carboxylic acids is 1. The van der Waals surface area contributed by atoms with Crippen molar-refractivity contribution in [3.8, 4) is 5.75 Å². The fourth-order valence-electron chi connectivity index (χ4n) is 2.49. The van der Waals surface area contributed by atoms with E-state index in [0.717, 1.165) is 19.3 Å². The first-order valence-electron chi connectivity index (χ1n) is 6.82. The van der Waals surface area contributed by atoms with E-state index in [1.165, 1.54) is 29.2 Å². The maximum Gasteiger partial charge on any atom is 0.323 e. The van der Waals surface area contributed by atoms with Crippen molar-refractivity contribution in [2.45, 2.75) is 31.3 Å². The molecule has 2 rings (SSSR count). The van der Waals surface area contributed by atoms with Crippen LogP contribution in [-0.4, -0.2) is 41.3 Å². The van der Waals surface area contributed by atoms with Crippen molar-refractivity contribution in [2.75, 3.05) is 18.6 Å². The van der Waals surface area contributed by atoms with Gasteiger partial charge in [-0.15, -0.1) is 0 Å². The van der Waals surface area contributed by atoms with Crippen LogP contribution >= 0.6 is 0 Å². The van der Waals surface area contributed by atoms with E-state index >= 15 is 0 Å². The van der Waals surface area contributed by atoms with Crippen LogP contribution in [0.15, 0.2) is 24.3 Å². The molecule has 1 fully saturated rings. The maximum atomic E-state index is 12.5. The van der Waals surface area contributed by atoms with Crippen LogP contribution in [0.1, 0.15) is 25.7 Å². The summed E-state index contributed by atoms with van der Waals surface area (Å²) in [6.07, 6.45) is 2.80. The second kappa shape index (κ2) is 6.13. The van der Waals surface area contributed by atoms with E-state index in [-0.39, 0.29) is 18.1 Å². The molecule has 0 radical (unpaired) electrons. The molecule has 2 N–H and O–H groups in total. The normalized spacial score (nSPS) is 16.0. The Kier molecular flexibility index (Phi) is 4.47. The Morgan fingerprint density at radius 1 is 1.29 bits per heavy atom. The average molecular weight is 293 g/mol. The van der Waals surface area contributed by atoms with Crippen LogP contribution in [0.25, 0.3) is 0 Å². The number of phenolic OH excluding ortho intramolecular Hbond substituents is 1. The zero-order chi connectivity index (χ0) is 15.5. The van der Waals surface area contributed by atoms with E-state index < -0.39 is 18.1 Å². The first-order valence-corrected chi connectivity index (χ1v) is 6.82. The number of hydrogen-bond acceptors (Lipinski definition) is 4. The number of methoxy groups -OCH3 is 1. The van der Waals surface area contributed by atoms with Gasteiger partial charge in [0.15, 0.2) is 0 Å². The molecule has 0 atom stereocenters. The quantitative estimate of drug-likeness (QED) is 0.834. The molecule has 0 aliphatic heterocycles. The first kappa shape index (κ1) is 15.3. The fraction of sp³-hybridized carbons (Fsp3) is 0.467. The highest BCUT2D eigenvalue weighted by Gasteiger charge is 2.40. The lowest BCUT2D eigenvalue weighted by Crippen LogP contribution is -2.46. The van der Waals surface area contributed by atoms with Crippen molar-refractivity contribution in [1.29, 1.82) is 0 Å². The summed E-state index contributed by atoms with van der Waals surface area (Å²) in [4.78, 5) is 24.7. The molecule has 0 spiro atoms. The van der Waals surface area contributed by atoms with Crippen molar-refractivity contribution >= 4 is 17.6 Å². The zero-order valence-corrected chi connectivity index (χ0v) is 11.9. The molecule has 1 aromatic carbocycles. The Bertz CT molecular complexity index is 516. The average Bonchev–Trinajstić information content (AvgIpc) is 2.41. The second-order valence-electron chi connectivity index (χ2n) is 5.31. The number of phenols is 1. The molecule has 0 aromatic heterocycles.